The maximum atomic E-state index is 10.5. The van der Waals surface area contributed by atoms with Crippen LogP contribution < -0.4 is 0 Å². The van der Waals surface area contributed by atoms with Crippen molar-refractivity contribution >= 4 is 6.29 Å². The Hall–Kier alpha value is -1.64. The number of aldehydes is 1. The fourth-order valence-corrected chi connectivity index (χ4v) is 1.29. The molecule has 1 unspecified atom stereocenters. The first-order chi connectivity index (χ1) is 6.40. The Morgan fingerprint density at radius 1 is 1.62 bits per heavy atom. The summed E-state index contributed by atoms with van der Waals surface area (Å²) in [7, 11) is 0. The van der Waals surface area contributed by atoms with Crippen LogP contribution in [0.4, 0.5) is 0 Å². The highest BCUT2D eigenvalue weighted by Crippen LogP contribution is 2.20. The average Bonchev–Trinajstić information content (AvgIpc) is 2.71. The minimum Gasteiger partial charge on any atom is -0.500 e. The van der Waals surface area contributed by atoms with Crippen LogP contribution in [0.3, 0.4) is 0 Å². The summed E-state index contributed by atoms with van der Waals surface area (Å²) in [4.78, 5) is 14.7. The first-order valence-electron chi connectivity index (χ1n) is 4.09. The van der Waals surface area contributed by atoms with Crippen molar-refractivity contribution in [3.05, 3.63) is 41.9 Å². The van der Waals surface area contributed by atoms with E-state index in [9.17, 15) is 4.79 Å². The number of aromatic nitrogens is 1. The van der Waals surface area contributed by atoms with Gasteiger partial charge in [0.05, 0.1) is 24.5 Å². The lowest BCUT2D eigenvalue weighted by Gasteiger charge is -2.05. The molecule has 13 heavy (non-hydrogen) atoms. The molecular formula is C10H9NO2. The molecule has 3 nitrogen and oxygen atoms in total. The second-order valence-corrected chi connectivity index (χ2v) is 2.90. The molecule has 0 saturated heterocycles. The topological polar surface area (TPSA) is 39.2 Å². The molecule has 2 heterocycles. The fourth-order valence-electron chi connectivity index (χ4n) is 1.29. The van der Waals surface area contributed by atoms with Gasteiger partial charge in [0.1, 0.15) is 6.29 Å². The number of ether oxygens (including phenoxy) is 1. The van der Waals surface area contributed by atoms with E-state index in [0.717, 1.165) is 12.0 Å². The van der Waals surface area contributed by atoms with Crippen molar-refractivity contribution < 1.29 is 9.53 Å². The van der Waals surface area contributed by atoms with Crippen LogP contribution >= 0.6 is 0 Å². The molecule has 0 radical (unpaired) electrons. The van der Waals surface area contributed by atoms with Crippen molar-refractivity contribution in [1.29, 1.82) is 0 Å². The molecule has 0 N–H and O–H groups in total. The molecule has 1 aliphatic rings. The van der Waals surface area contributed by atoms with Crippen molar-refractivity contribution in [2.45, 2.75) is 5.92 Å². The smallest absolute Gasteiger partial charge is 0.150 e. The SMILES string of the molecule is O=Cc1ccnc(C2C=COC2)c1. The van der Waals surface area contributed by atoms with Crippen molar-refractivity contribution in [3.63, 3.8) is 0 Å². The Labute approximate surface area is 76.1 Å². The summed E-state index contributed by atoms with van der Waals surface area (Å²) in [6.07, 6.45) is 6.08. The highest BCUT2D eigenvalue weighted by atomic mass is 16.5. The number of carbonyl (C=O) groups excluding carboxylic acids is 1. The van der Waals surface area contributed by atoms with Crippen LogP contribution in [0, 0.1) is 0 Å². The molecule has 1 aromatic rings. The highest BCUT2D eigenvalue weighted by molar-refractivity contribution is 5.74. The lowest BCUT2D eigenvalue weighted by Crippen LogP contribution is -2.00. The van der Waals surface area contributed by atoms with Crippen molar-refractivity contribution in [1.82, 2.24) is 4.98 Å². The van der Waals surface area contributed by atoms with E-state index < -0.39 is 0 Å². The van der Waals surface area contributed by atoms with Crippen molar-refractivity contribution in [2.24, 2.45) is 0 Å². The molecule has 66 valence electrons. The lowest BCUT2D eigenvalue weighted by molar-refractivity contribution is 0.112. The Morgan fingerprint density at radius 2 is 2.54 bits per heavy atom. The van der Waals surface area contributed by atoms with Gasteiger partial charge in [0.2, 0.25) is 0 Å². The summed E-state index contributed by atoms with van der Waals surface area (Å²) in [5, 5.41) is 0. The van der Waals surface area contributed by atoms with Crippen LogP contribution in [0.2, 0.25) is 0 Å². The summed E-state index contributed by atoms with van der Waals surface area (Å²) >= 11 is 0. The number of hydrogen-bond acceptors (Lipinski definition) is 3. The third-order valence-corrected chi connectivity index (χ3v) is 2.00. The van der Waals surface area contributed by atoms with Gasteiger partial charge in [-0.2, -0.15) is 0 Å². The molecule has 1 atom stereocenters. The molecule has 0 aromatic carbocycles. The van der Waals surface area contributed by atoms with Gasteiger partial charge in [-0.1, -0.05) is 0 Å². The zero-order chi connectivity index (χ0) is 9.10. The molecule has 0 amide bonds. The van der Waals surface area contributed by atoms with E-state index in [1.165, 1.54) is 0 Å². The van der Waals surface area contributed by atoms with Crippen LogP contribution in [0.5, 0.6) is 0 Å². The minimum absolute atomic E-state index is 0.194. The van der Waals surface area contributed by atoms with Crippen LogP contribution in [0.15, 0.2) is 30.7 Å². The largest absolute Gasteiger partial charge is 0.500 e. The Morgan fingerprint density at radius 3 is 3.23 bits per heavy atom. The molecule has 0 spiro atoms. The second kappa shape index (κ2) is 3.39. The van der Waals surface area contributed by atoms with Gasteiger partial charge in [-0.05, 0) is 18.2 Å². The van der Waals surface area contributed by atoms with E-state index in [1.54, 1.807) is 24.6 Å². The lowest BCUT2D eigenvalue weighted by atomic mass is 10.1. The monoisotopic (exact) mass is 175 g/mol. The van der Waals surface area contributed by atoms with E-state index in [-0.39, 0.29) is 5.92 Å². The maximum Gasteiger partial charge on any atom is 0.150 e. The second-order valence-electron chi connectivity index (χ2n) is 2.90. The average molecular weight is 175 g/mol. The first-order valence-corrected chi connectivity index (χ1v) is 4.09. The standard InChI is InChI=1S/C10H9NO2/c12-6-8-1-3-11-10(5-8)9-2-4-13-7-9/h1-6,9H,7H2. The summed E-state index contributed by atoms with van der Waals surface area (Å²) in [5.41, 5.74) is 1.55. The summed E-state index contributed by atoms with van der Waals surface area (Å²) in [5.74, 6) is 0.194. The maximum absolute atomic E-state index is 10.5. The third-order valence-electron chi connectivity index (χ3n) is 2.00. The molecule has 1 aromatic heterocycles. The van der Waals surface area contributed by atoms with Gasteiger partial charge in [-0.15, -0.1) is 0 Å². The molecule has 3 heteroatoms. The van der Waals surface area contributed by atoms with E-state index in [2.05, 4.69) is 4.98 Å². The van der Waals surface area contributed by atoms with Gasteiger partial charge in [0.25, 0.3) is 0 Å². The highest BCUT2D eigenvalue weighted by Gasteiger charge is 2.14. The number of hydrogen-bond donors (Lipinski definition) is 0. The van der Waals surface area contributed by atoms with E-state index in [0.29, 0.717) is 12.2 Å². The van der Waals surface area contributed by atoms with Crippen molar-refractivity contribution in [3.8, 4) is 0 Å². The molecule has 0 bridgehead atoms. The predicted octanol–water partition coefficient (Wildman–Crippen LogP) is 1.52. The van der Waals surface area contributed by atoms with Gasteiger partial charge in [0.15, 0.2) is 0 Å². The van der Waals surface area contributed by atoms with Crippen molar-refractivity contribution in [2.75, 3.05) is 6.61 Å². The van der Waals surface area contributed by atoms with Crippen LogP contribution in [-0.2, 0) is 4.74 Å². The minimum atomic E-state index is 0.194. The third kappa shape index (κ3) is 1.59. The van der Waals surface area contributed by atoms with Gasteiger partial charge in [-0.3, -0.25) is 9.78 Å². The fraction of sp³-hybridized carbons (Fsp3) is 0.200. The summed E-state index contributed by atoms with van der Waals surface area (Å²) < 4.78 is 5.08. The van der Waals surface area contributed by atoms with Gasteiger partial charge in [-0.25, -0.2) is 0 Å². The van der Waals surface area contributed by atoms with Crippen LogP contribution in [-0.4, -0.2) is 17.9 Å². The van der Waals surface area contributed by atoms with E-state index in [4.69, 9.17) is 4.74 Å². The summed E-state index contributed by atoms with van der Waals surface area (Å²) in [6, 6.07) is 3.48. The van der Waals surface area contributed by atoms with Crippen LogP contribution in [0.25, 0.3) is 0 Å². The number of carbonyl (C=O) groups is 1. The number of pyridine rings is 1. The zero-order valence-electron chi connectivity index (χ0n) is 7.01. The van der Waals surface area contributed by atoms with Gasteiger partial charge >= 0.3 is 0 Å². The normalized spacial score (nSPS) is 19.8. The van der Waals surface area contributed by atoms with Gasteiger partial charge < -0.3 is 4.74 Å². The molecule has 0 saturated carbocycles. The zero-order valence-corrected chi connectivity index (χ0v) is 7.01. The molecule has 2 rings (SSSR count). The Balaban J connectivity index is 2.29. The first kappa shape index (κ1) is 7.98. The molecular weight excluding hydrogens is 166 g/mol. The molecule has 1 aliphatic heterocycles. The van der Waals surface area contributed by atoms with E-state index >= 15 is 0 Å². The summed E-state index contributed by atoms with van der Waals surface area (Å²) in [6.45, 7) is 0.620. The number of nitrogens with zero attached hydrogens (tertiary/aromatic N) is 1. The van der Waals surface area contributed by atoms with E-state index in [1.807, 2.05) is 6.08 Å². The Kier molecular flexibility index (Phi) is 2.08. The Bertz CT molecular complexity index is 347. The molecule has 0 aliphatic carbocycles. The van der Waals surface area contributed by atoms with Gasteiger partial charge in [0, 0.05) is 11.8 Å². The van der Waals surface area contributed by atoms with Crippen LogP contribution in [0.1, 0.15) is 22.0 Å². The molecule has 0 fully saturated rings. The quantitative estimate of drug-likeness (QED) is 0.640. The number of rotatable bonds is 2. The predicted molar refractivity (Wildman–Crippen MR) is 47.5 cm³/mol.